The van der Waals surface area contributed by atoms with Gasteiger partial charge in [-0.25, -0.2) is 9.97 Å². The first-order valence-electron chi connectivity index (χ1n) is 11.9. The van der Waals surface area contributed by atoms with Gasteiger partial charge < -0.3 is 9.97 Å². The number of nitrogens with one attached hydrogen (secondary N) is 2. The summed E-state index contributed by atoms with van der Waals surface area (Å²) >= 11 is 0. The number of benzene rings is 3. The zero-order valence-electron chi connectivity index (χ0n) is 19.5. The van der Waals surface area contributed by atoms with Crippen molar-refractivity contribution in [1.82, 2.24) is 24.9 Å². The van der Waals surface area contributed by atoms with Crippen LogP contribution in [-0.4, -0.2) is 24.9 Å². The van der Waals surface area contributed by atoms with Gasteiger partial charge in [0.2, 0.25) is 0 Å². The van der Waals surface area contributed by atoms with E-state index in [0.29, 0.717) is 5.92 Å². The van der Waals surface area contributed by atoms with Crippen LogP contribution in [0.5, 0.6) is 0 Å². The molecule has 0 radical (unpaired) electrons. The fourth-order valence-electron chi connectivity index (χ4n) is 5.45. The quantitative estimate of drug-likeness (QED) is 0.287. The van der Waals surface area contributed by atoms with E-state index < -0.39 is 0 Å². The lowest BCUT2D eigenvalue weighted by molar-refractivity contribution is 0.799. The molecule has 2 N–H and O–H groups in total. The number of H-pyrrole nitrogens is 2. The molecule has 1 aliphatic carbocycles. The van der Waals surface area contributed by atoms with Gasteiger partial charge in [0.1, 0.15) is 11.6 Å². The van der Waals surface area contributed by atoms with E-state index in [1.807, 2.05) is 19.3 Å². The number of aromatic nitrogens is 5. The predicted molar refractivity (Wildman–Crippen MR) is 138 cm³/mol. The highest BCUT2D eigenvalue weighted by Crippen LogP contribution is 2.38. The highest BCUT2D eigenvalue weighted by molar-refractivity contribution is 6.23. The fourth-order valence-corrected chi connectivity index (χ4v) is 5.45. The van der Waals surface area contributed by atoms with Gasteiger partial charge in [0.15, 0.2) is 0 Å². The lowest BCUT2D eigenvalue weighted by atomic mass is 9.89. The van der Waals surface area contributed by atoms with Crippen LogP contribution < -0.4 is 0 Å². The van der Waals surface area contributed by atoms with E-state index in [9.17, 15) is 0 Å². The van der Waals surface area contributed by atoms with Crippen molar-refractivity contribution in [2.75, 3.05) is 0 Å². The van der Waals surface area contributed by atoms with Crippen LogP contribution in [-0.2, 0) is 12.8 Å². The Morgan fingerprint density at radius 2 is 1.68 bits per heavy atom. The van der Waals surface area contributed by atoms with Gasteiger partial charge in [0, 0.05) is 40.3 Å². The molecule has 1 aliphatic rings. The van der Waals surface area contributed by atoms with E-state index in [2.05, 4.69) is 71.3 Å². The summed E-state index contributed by atoms with van der Waals surface area (Å²) in [4.78, 5) is 21.1. The Hall–Kier alpha value is -3.99. The summed E-state index contributed by atoms with van der Waals surface area (Å²) in [7, 11) is 0. The Kier molecular flexibility index (Phi) is 4.01. The highest BCUT2D eigenvalue weighted by Gasteiger charge is 2.20. The summed E-state index contributed by atoms with van der Waals surface area (Å²) in [6.07, 6.45) is 5.86. The fraction of sp³-hybridized carbons (Fsp3) is 0.207. The van der Waals surface area contributed by atoms with Crippen molar-refractivity contribution in [1.29, 1.82) is 0 Å². The van der Waals surface area contributed by atoms with Crippen LogP contribution >= 0.6 is 0 Å². The second-order valence-corrected chi connectivity index (χ2v) is 9.70. The maximum absolute atomic E-state index is 4.94. The van der Waals surface area contributed by atoms with Gasteiger partial charge in [-0.2, -0.15) is 0 Å². The standard InChI is InChI=1S/C29H25N5/c1-15(2)29-33-27-22-8-5-18(13-23(22)21-10-11-30-14-24(21)28(27)34-29)17-4-7-20-19(12-17)6-9-25-26(20)32-16(3)31-25/h4-5,7-8,10-15H,6,9H2,1-3H3,(H,31,32)(H,33,34). The summed E-state index contributed by atoms with van der Waals surface area (Å²) < 4.78 is 0. The monoisotopic (exact) mass is 443 g/mol. The topological polar surface area (TPSA) is 70.2 Å². The number of nitrogens with zero attached hydrogens (tertiary/aromatic N) is 3. The summed E-state index contributed by atoms with van der Waals surface area (Å²) in [6.45, 7) is 6.37. The molecule has 166 valence electrons. The Labute approximate surface area is 197 Å². The van der Waals surface area contributed by atoms with Crippen LogP contribution in [0.4, 0.5) is 0 Å². The molecule has 0 aliphatic heterocycles. The van der Waals surface area contributed by atoms with E-state index in [0.717, 1.165) is 46.6 Å². The number of aromatic amines is 2. The Morgan fingerprint density at radius 3 is 2.56 bits per heavy atom. The second kappa shape index (κ2) is 7.00. The molecule has 0 fully saturated rings. The molecule has 3 aromatic heterocycles. The lowest BCUT2D eigenvalue weighted by Crippen LogP contribution is -2.03. The first-order valence-corrected chi connectivity index (χ1v) is 11.9. The van der Waals surface area contributed by atoms with Gasteiger partial charge in [0.05, 0.1) is 16.7 Å². The number of fused-ring (bicyclic) bond motifs is 9. The third-order valence-corrected chi connectivity index (χ3v) is 7.16. The SMILES string of the molecule is Cc1nc2c([nH]1)CCc1cc(-c3ccc4c(c3)c3ccncc3c3nc(C(C)C)[nH]c43)ccc1-2. The molecule has 5 heteroatoms. The van der Waals surface area contributed by atoms with Gasteiger partial charge in [0.25, 0.3) is 0 Å². The van der Waals surface area contributed by atoms with Crippen molar-refractivity contribution in [3.8, 4) is 22.4 Å². The second-order valence-electron chi connectivity index (χ2n) is 9.70. The molecule has 5 nitrogen and oxygen atoms in total. The van der Waals surface area contributed by atoms with Crippen molar-refractivity contribution in [2.45, 2.75) is 39.5 Å². The van der Waals surface area contributed by atoms with Gasteiger partial charge in [-0.1, -0.05) is 44.2 Å². The molecule has 34 heavy (non-hydrogen) atoms. The summed E-state index contributed by atoms with van der Waals surface area (Å²) in [6, 6.07) is 15.7. The molecular weight excluding hydrogens is 418 g/mol. The summed E-state index contributed by atoms with van der Waals surface area (Å²) in [5, 5.41) is 4.71. The Balaban J connectivity index is 1.44. The molecule has 3 heterocycles. The van der Waals surface area contributed by atoms with E-state index in [4.69, 9.17) is 9.97 Å². The maximum atomic E-state index is 4.94. The molecule has 0 saturated carbocycles. The molecule has 7 rings (SSSR count). The Morgan fingerprint density at radius 1 is 0.824 bits per heavy atom. The smallest absolute Gasteiger partial charge is 0.109 e. The number of hydrogen-bond donors (Lipinski definition) is 2. The van der Waals surface area contributed by atoms with Crippen LogP contribution in [0.1, 0.15) is 42.7 Å². The average Bonchev–Trinajstić information content (AvgIpc) is 3.47. The average molecular weight is 444 g/mol. The Bertz CT molecular complexity index is 1750. The van der Waals surface area contributed by atoms with Crippen molar-refractivity contribution in [2.24, 2.45) is 0 Å². The minimum atomic E-state index is 0.336. The largest absolute Gasteiger partial charge is 0.346 e. The zero-order valence-corrected chi connectivity index (χ0v) is 19.5. The van der Waals surface area contributed by atoms with Gasteiger partial charge in [-0.15, -0.1) is 0 Å². The molecule has 0 atom stereocenters. The molecule has 0 spiro atoms. The number of aryl methyl sites for hydroxylation is 3. The number of hydrogen-bond acceptors (Lipinski definition) is 3. The third kappa shape index (κ3) is 2.76. The van der Waals surface area contributed by atoms with Gasteiger partial charge >= 0.3 is 0 Å². The van der Waals surface area contributed by atoms with E-state index in [1.54, 1.807) is 0 Å². The molecule has 0 bridgehead atoms. The van der Waals surface area contributed by atoms with Crippen molar-refractivity contribution >= 4 is 32.6 Å². The van der Waals surface area contributed by atoms with Crippen molar-refractivity contribution < 1.29 is 0 Å². The van der Waals surface area contributed by atoms with Crippen LogP contribution in [0.2, 0.25) is 0 Å². The van der Waals surface area contributed by atoms with Crippen molar-refractivity contribution in [3.63, 3.8) is 0 Å². The predicted octanol–water partition coefficient (Wildman–Crippen LogP) is 6.85. The normalized spacial score (nSPS) is 13.2. The lowest BCUT2D eigenvalue weighted by Gasteiger charge is -2.17. The number of imidazole rings is 2. The van der Waals surface area contributed by atoms with E-state index in [-0.39, 0.29) is 0 Å². The maximum Gasteiger partial charge on any atom is 0.109 e. The minimum absolute atomic E-state index is 0.336. The van der Waals surface area contributed by atoms with Crippen molar-refractivity contribution in [3.05, 3.63) is 77.8 Å². The molecule has 3 aromatic carbocycles. The first-order chi connectivity index (χ1) is 16.6. The van der Waals surface area contributed by atoms with Gasteiger partial charge in [-0.05, 0) is 59.4 Å². The molecule has 0 amide bonds. The van der Waals surface area contributed by atoms with E-state index >= 15 is 0 Å². The van der Waals surface area contributed by atoms with Crippen LogP contribution in [0.25, 0.3) is 55.0 Å². The van der Waals surface area contributed by atoms with Crippen LogP contribution in [0, 0.1) is 6.92 Å². The van der Waals surface area contributed by atoms with E-state index in [1.165, 1.54) is 44.1 Å². The minimum Gasteiger partial charge on any atom is -0.346 e. The summed E-state index contributed by atoms with van der Waals surface area (Å²) in [5.41, 5.74) is 9.57. The number of pyridine rings is 1. The zero-order chi connectivity index (χ0) is 23.0. The first kappa shape index (κ1) is 19.5. The highest BCUT2D eigenvalue weighted by atomic mass is 14.9. The molecule has 6 aromatic rings. The van der Waals surface area contributed by atoms with Crippen LogP contribution in [0.3, 0.4) is 0 Å². The molecule has 0 saturated heterocycles. The molecular formula is C29H25N5. The molecule has 0 unspecified atom stereocenters. The number of rotatable bonds is 2. The summed E-state index contributed by atoms with van der Waals surface area (Å²) in [5.74, 6) is 2.34. The van der Waals surface area contributed by atoms with Crippen LogP contribution in [0.15, 0.2) is 54.9 Å². The van der Waals surface area contributed by atoms with Gasteiger partial charge in [-0.3, -0.25) is 4.98 Å². The third-order valence-electron chi connectivity index (χ3n) is 7.16.